The summed E-state index contributed by atoms with van der Waals surface area (Å²) < 4.78 is 33.2. The molecular formula is C15H34N3O19P3. The third kappa shape index (κ3) is 27.9. The highest BCUT2D eigenvalue weighted by atomic mass is 31.2. The summed E-state index contributed by atoms with van der Waals surface area (Å²) in [6.07, 6.45) is -0.581. The number of nitrogens with zero attached hydrogens (tertiary/aromatic N) is 1. The van der Waals surface area contributed by atoms with Crippen molar-refractivity contribution in [3.05, 3.63) is 32.6 Å². The summed E-state index contributed by atoms with van der Waals surface area (Å²) in [5.41, 5.74) is 4.52. The maximum absolute atomic E-state index is 11.6. The van der Waals surface area contributed by atoms with Crippen LogP contribution in [0.15, 0.2) is 15.8 Å². The number of ether oxygens (including phenoxy) is 1. The molecule has 1 fully saturated rings. The second kappa shape index (κ2) is 18.7. The first-order valence-corrected chi connectivity index (χ1v) is 14.9. The average Bonchev–Trinajstić information content (AvgIpc) is 3.07. The van der Waals surface area contributed by atoms with Crippen molar-refractivity contribution in [2.45, 2.75) is 51.7 Å². The van der Waals surface area contributed by atoms with E-state index in [2.05, 4.69) is 4.98 Å². The van der Waals surface area contributed by atoms with Crippen LogP contribution in [0.5, 0.6) is 0 Å². The van der Waals surface area contributed by atoms with Crippen molar-refractivity contribution in [3.63, 3.8) is 0 Å². The molecule has 2 rings (SSSR count). The quantitative estimate of drug-likeness (QED) is 0.137. The standard InChI is InChI=1S/C10H14N2O5.C5H11NO2.3H3O4P/c1-5-3-12(10(16)11-9(5)15)8-2-6(14)7(4-13)17-8;1-3(2)4(6)5(7)8;3*1-5(2,3)4/h3,6-8,13-14H,2,4H2,1H3,(H,11,15,16);3-4H,6H2,1-2H3,(H,7,8);3*(H3,1,2,3,4)/t6-,7+,8+;4-;;;/m00.../s1. The molecule has 2 heterocycles. The lowest BCUT2D eigenvalue weighted by molar-refractivity contribution is -0.139. The van der Waals surface area contributed by atoms with E-state index in [9.17, 15) is 19.5 Å². The molecule has 0 radical (unpaired) electrons. The zero-order valence-corrected chi connectivity index (χ0v) is 23.7. The van der Waals surface area contributed by atoms with Crippen LogP contribution < -0.4 is 17.0 Å². The van der Waals surface area contributed by atoms with Crippen LogP contribution in [0.25, 0.3) is 0 Å². The van der Waals surface area contributed by atoms with Crippen molar-refractivity contribution in [1.29, 1.82) is 0 Å². The molecule has 15 N–H and O–H groups in total. The largest absolute Gasteiger partial charge is 0.480 e. The number of aliphatic hydroxyl groups is 2. The van der Waals surface area contributed by atoms with Crippen molar-refractivity contribution in [2.75, 3.05) is 6.61 Å². The van der Waals surface area contributed by atoms with Gasteiger partial charge in [0.15, 0.2) is 0 Å². The topological polar surface area (TPSA) is 401 Å². The Labute approximate surface area is 224 Å². The van der Waals surface area contributed by atoms with Gasteiger partial charge in [-0.1, -0.05) is 13.8 Å². The number of aliphatic hydroxyl groups excluding tert-OH is 2. The van der Waals surface area contributed by atoms with Crippen LogP contribution in [0.4, 0.5) is 0 Å². The first kappa shape index (κ1) is 42.8. The molecule has 1 saturated heterocycles. The molecule has 0 bridgehead atoms. The van der Waals surface area contributed by atoms with E-state index in [1.165, 1.54) is 10.8 Å². The highest BCUT2D eigenvalue weighted by molar-refractivity contribution is 7.45. The number of hydrogen-bond donors (Lipinski definition) is 14. The Morgan fingerprint density at radius 1 is 1.02 bits per heavy atom. The highest BCUT2D eigenvalue weighted by Gasteiger charge is 2.35. The molecule has 0 spiro atoms. The molecule has 0 amide bonds. The first-order chi connectivity index (χ1) is 17.6. The van der Waals surface area contributed by atoms with Gasteiger partial charge in [-0.25, -0.2) is 18.5 Å². The normalized spacial score (nSPS) is 19.4. The molecule has 22 nitrogen and oxygen atoms in total. The van der Waals surface area contributed by atoms with E-state index >= 15 is 0 Å². The molecule has 0 aromatic carbocycles. The summed E-state index contributed by atoms with van der Waals surface area (Å²) in [5, 5.41) is 26.7. The third-order valence-corrected chi connectivity index (χ3v) is 3.84. The Kier molecular flexibility index (Phi) is 20.0. The number of carboxylic acids is 1. The minimum absolute atomic E-state index is 0.0208. The second-order valence-corrected chi connectivity index (χ2v) is 10.8. The minimum atomic E-state index is -4.64. The Hall–Kier alpha value is -1.68. The molecule has 238 valence electrons. The zero-order chi connectivity index (χ0) is 32.8. The fourth-order valence-electron chi connectivity index (χ4n) is 2.14. The molecule has 4 atom stereocenters. The van der Waals surface area contributed by atoms with Crippen LogP contribution in [0.1, 0.15) is 32.1 Å². The van der Waals surface area contributed by atoms with Crippen LogP contribution in [0, 0.1) is 12.8 Å². The summed E-state index contributed by atoms with van der Waals surface area (Å²) in [6, 6.07) is -0.713. The van der Waals surface area contributed by atoms with E-state index in [0.29, 0.717) is 5.56 Å². The Morgan fingerprint density at radius 3 is 1.65 bits per heavy atom. The zero-order valence-electron chi connectivity index (χ0n) is 21.0. The number of H-pyrrole nitrogens is 1. The lowest BCUT2D eigenvalue weighted by Crippen LogP contribution is -2.34. The molecule has 25 heteroatoms. The van der Waals surface area contributed by atoms with E-state index in [1.54, 1.807) is 20.8 Å². The van der Waals surface area contributed by atoms with Gasteiger partial charge < -0.3 is 69.8 Å². The smallest absolute Gasteiger partial charge is 0.466 e. The monoisotopic (exact) mass is 653 g/mol. The summed E-state index contributed by atoms with van der Waals surface area (Å²) in [6.45, 7) is 4.82. The number of aromatic nitrogens is 2. The molecule has 0 aliphatic carbocycles. The number of carboxylic acid groups (broad SMARTS) is 1. The van der Waals surface area contributed by atoms with Crippen LogP contribution in [-0.2, 0) is 23.2 Å². The number of phosphoric acid groups is 3. The number of aliphatic carboxylic acids is 1. The van der Waals surface area contributed by atoms with Crippen LogP contribution in [-0.4, -0.2) is 99.7 Å². The van der Waals surface area contributed by atoms with Gasteiger partial charge in [0.2, 0.25) is 0 Å². The molecule has 0 unspecified atom stereocenters. The van der Waals surface area contributed by atoms with Crippen LogP contribution in [0.3, 0.4) is 0 Å². The number of nitrogens with two attached hydrogens (primary N) is 1. The van der Waals surface area contributed by atoms with E-state index in [1.807, 2.05) is 0 Å². The fraction of sp³-hybridized carbons (Fsp3) is 0.667. The van der Waals surface area contributed by atoms with Crippen LogP contribution >= 0.6 is 23.5 Å². The van der Waals surface area contributed by atoms with E-state index in [0.717, 1.165) is 0 Å². The van der Waals surface area contributed by atoms with Gasteiger partial charge in [-0.2, -0.15) is 0 Å². The predicted octanol–water partition coefficient (Wildman–Crippen LogP) is -4.25. The predicted molar refractivity (Wildman–Crippen MR) is 131 cm³/mol. The Bertz CT molecular complexity index is 1080. The number of aryl methyl sites for hydroxylation is 1. The van der Waals surface area contributed by atoms with Crippen molar-refractivity contribution < 1.29 is 82.6 Å². The number of nitrogens with one attached hydrogen (secondary N) is 1. The lowest BCUT2D eigenvalue weighted by atomic mass is 10.1. The number of rotatable bonds is 4. The van der Waals surface area contributed by atoms with Crippen molar-refractivity contribution in [2.24, 2.45) is 11.7 Å². The van der Waals surface area contributed by atoms with Crippen molar-refractivity contribution >= 4 is 29.4 Å². The maximum atomic E-state index is 11.6. The molecular weight excluding hydrogens is 619 g/mol. The van der Waals surface area contributed by atoms with Crippen molar-refractivity contribution in [3.8, 4) is 0 Å². The lowest BCUT2D eigenvalue weighted by Gasteiger charge is -2.14. The first-order valence-electron chi connectivity index (χ1n) is 10.2. The fourth-order valence-corrected chi connectivity index (χ4v) is 2.14. The third-order valence-electron chi connectivity index (χ3n) is 3.84. The van der Waals surface area contributed by atoms with Gasteiger partial charge in [-0.3, -0.25) is 19.1 Å². The van der Waals surface area contributed by atoms with Gasteiger partial charge in [0.25, 0.3) is 5.56 Å². The Morgan fingerprint density at radius 2 is 1.40 bits per heavy atom. The highest BCUT2D eigenvalue weighted by Crippen LogP contribution is 2.27. The minimum Gasteiger partial charge on any atom is -0.480 e. The van der Waals surface area contributed by atoms with Gasteiger partial charge in [-0.05, 0) is 12.8 Å². The summed E-state index contributed by atoms with van der Waals surface area (Å²) in [7, 11) is -13.9. The summed E-state index contributed by atoms with van der Waals surface area (Å²) in [5.74, 6) is -0.910. The average molecular weight is 653 g/mol. The van der Waals surface area contributed by atoms with Gasteiger partial charge in [0.1, 0.15) is 18.4 Å². The molecule has 0 saturated carbocycles. The maximum Gasteiger partial charge on any atom is 0.466 e. The SMILES string of the molecule is CC(C)[C@H](N)C(=O)O.Cc1cn([C@H]2C[C@H](O)[C@@H](CO)O2)c(=O)[nH]c1=O.O=P(O)(O)O.O=P(O)(O)O.O=P(O)(O)O. The molecule has 40 heavy (non-hydrogen) atoms. The molecule has 1 aliphatic heterocycles. The molecule has 1 aromatic heterocycles. The van der Waals surface area contributed by atoms with E-state index < -0.39 is 65.2 Å². The number of hydrogen-bond acceptors (Lipinski definition) is 10. The van der Waals surface area contributed by atoms with Crippen molar-refractivity contribution in [1.82, 2.24) is 9.55 Å². The van der Waals surface area contributed by atoms with E-state index in [-0.39, 0.29) is 18.9 Å². The van der Waals surface area contributed by atoms with Crippen LogP contribution in [0.2, 0.25) is 0 Å². The molecule has 1 aromatic rings. The summed E-state index contributed by atoms with van der Waals surface area (Å²) >= 11 is 0. The molecule has 1 aliphatic rings. The van der Waals surface area contributed by atoms with Gasteiger partial charge in [0.05, 0.1) is 12.7 Å². The van der Waals surface area contributed by atoms with Gasteiger partial charge in [-0.15, -0.1) is 0 Å². The number of aromatic amines is 1. The number of carbonyl (C=O) groups is 1. The van der Waals surface area contributed by atoms with E-state index in [4.69, 9.17) is 78.4 Å². The second-order valence-electron chi connectivity index (χ2n) is 7.74. The Balaban J connectivity index is -0.000000497. The van der Waals surface area contributed by atoms with Gasteiger partial charge in [0, 0.05) is 18.2 Å². The van der Waals surface area contributed by atoms with Gasteiger partial charge >= 0.3 is 35.1 Å². The summed E-state index contributed by atoms with van der Waals surface area (Å²) in [4.78, 5) is 99.6.